The van der Waals surface area contributed by atoms with Gasteiger partial charge in [-0.05, 0) is 53.7 Å². The van der Waals surface area contributed by atoms with E-state index < -0.39 is 29.1 Å². The van der Waals surface area contributed by atoms with Gasteiger partial charge in [-0.3, -0.25) is 0 Å². The summed E-state index contributed by atoms with van der Waals surface area (Å²) in [5.41, 5.74) is -2.43. The lowest BCUT2D eigenvalue weighted by atomic mass is 10.2. The number of benzene rings is 1. The Bertz CT molecular complexity index is 871. The zero-order valence-electron chi connectivity index (χ0n) is 15.3. The number of aromatic nitrogens is 2. The topological polar surface area (TPSA) is 79.5 Å². The molecule has 0 aliphatic carbocycles. The predicted molar refractivity (Wildman–Crippen MR) is 99.5 cm³/mol. The molecule has 9 heteroatoms. The van der Waals surface area contributed by atoms with Gasteiger partial charge in [-0.15, -0.1) is 0 Å². The number of nitrogens with zero attached hydrogens (tertiary/aromatic N) is 2. The molecule has 0 N–H and O–H groups in total. The Kier molecular flexibility index (Phi) is 5.18. The lowest BCUT2D eigenvalue weighted by Crippen LogP contribution is -2.38. The first-order valence-electron chi connectivity index (χ1n) is 7.80. The fourth-order valence-corrected chi connectivity index (χ4v) is 2.47. The molecule has 0 bridgehead atoms. The SMILES string of the molecule is CC(C)(C)OC(=O)n1c(=O)n(C(=O)OC(C)(C)C)c2cc(Cl)c(Cl)cc21. The molecule has 7 nitrogen and oxygen atoms in total. The summed E-state index contributed by atoms with van der Waals surface area (Å²) in [6.45, 7) is 9.96. The molecular formula is C17H20Cl2N2O5. The van der Waals surface area contributed by atoms with Gasteiger partial charge in [0.25, 0.3) is 0 Å². The molecule has 2 aromatic rings. The van der Waals surface area contributed by atoms with Crippen molar-refractivity contribution in [2.24, 2.45) is 0 Å². The zero-order valence-corrected chi connectivity index (χ0v) is 16.9. The van der Waals surface area contributed by atoms with Crippen LogP contribution >= 0.6 is 23.2 Å². The van der Waals surface area contributed by atoms with Crippen LogP contribution in [-0.2, 0) is 9.47 Å². The fraction of sp³-hybridized carbons (Fsp3) is 0.471. The number of ether oxygens (including phenoxy) is 2. The van der Waals surface area contributed by atoms with Gasteiger partial charge in [0.15, 0.2) is 0 Å². The molecule has 1 aromatic heterocycles. The van der Waals surface area contributed by atoms with E-state index in [1.807, 2.05) is 0 Å². The second kappa shape index (κ2) is 6.63. The van der Waals surface area contributed by atoms with E-state index in [0.29, 0.717) is 0 Å². The van der Waals surface area contributed by atoms with Gasteiger partial charge in [0.05, 0.1) is 21.1 Å². The summed E-state index contributed by atoms with van der Waals surface area (Å²) in [5, 5.41) is 0.246. The molecule has 1 aromatic carbocycles. The van der Waals surface area contributed by atoms with Gasteiger partial charge < -0.3 is 9.47 Å². The van der Waals surface area contributed by atoms with Crippen molar-refractivity contribution in [2.45, 2.75) is 52.7 Å². The van der Waals surface area contributed by atoms with E-state index in [9.17, 15) is 14.4 Å². The predicted octanol–water partition coefficient (Wildman–Crippen LogP) is 4.68. The minimum atomic E-state index is -0.937. The molecule has 0 radical (unpaired) electrons. The number of imidazole rings is 1. The Morgan fingerprint density at radius 2 is 1.12 bits per heavy atom. The Morgan fingerprint density at radius 1 is 0.808 bits per heavy atom. The van der Waals surface area contributed by atoms with Crippen LogP contribution in [0.1, 0.15) is 41.5 Å². The molecule has 0 unspecified atom stereocenters. The van der Waals surface area contributed by atoms with Crippen LogP contribution in [0.2, 0.25) is 10.0 Å². The summed E-state index contributed by atoms with van der Waals surface area (Å²) >= 11 is 12.0. The van der Waals surface area contributed by atoms with Crippen LogP contribution in [0, 0.1) is 0 Å². The van der Waals surface area contributed by atoms with Crippen molar-refractivity contribution in [3.63, 3.8) is 0 Å². The summed E-state index contributed by atoms with van der Waals surface area (Å²) in [5.74, 6) is 0. The highest BCUT2D eigenvalue weighted by Crippen LogP contribution is 2.28. The summed E-state index contributed by atoms with van der Waals surface area (Å²) in [6.07, 6.45) is -1.87. The maximum atomic E-state index is 12.8. The van der Waals surface area contributed by atoms with Gasteiger partial charge in [0.1, 0.15) is 11.2 Å². The third-order valence-corrected chi connectivity index (χ3v) is 3.76. The van der Waals surface area contributed by atoms with Gasteiger partial charge in [0.2, 0.25) is 0 Å². The van der Waals surface area contributed by atoms with E-state index in [4.69, 9.17) is 32.7 Å². The number of carbonyl (C=O) groups excluding carboxylic acids is 2. The van der Waals surface area contributed by atoms with E-state index in [0.717, 1.165) is 9.13 Å². The zero-order chi connectivity index (χ0) is 20.0. The molecule has 0 fully saturated rings. The minimum absolute atomic E-state index is 0.0875. The summed E-state index contributed by atoms with van der Waals surface area (Å²) in [7, 11) is 0. The number of carbonyl (C=O) groups is 2. The molecule has 0 aliphatic heterocycles. The van der Waals surface area contributed by atoms with Crippen LogP contribution in [-0.4, -0.2) is 32.5 Å². The largest absolute Gasteiger partial charge is 0.443 e. The lowest BCUT2D eigenvalue weighted by Gasteiger charge is -2.19. The number of hydrogen-bond acceptors (Lipinski definition) is 5. The second-order valence-electron chi connectivity index (χ2n) is 7.67. The smallest absolute Gasteiger partial charge is 0.423 e. The highest BCUT2D eigenvalue weighted by atomic mass is 35.5. The summed E-state index contributed by atoms with van der Waals surface area (Å²) < 4.78 is 12.0. The average Bonchev–Trinajstić information content (AvgIpc) is 2.67. The Labute approximate surface area is 160 Å². The van der Waals surface area contributed by atoms with E-state index >= 15 is 0 Å². The van der Waals surface area contributed by atoms with Gasteiger partial charge >= 0.3 is 17.9 Å². The van der Waals surface area contributed by atoms with Crippen molar-refractivity contribution in [3.05, 3.63) is 32.7 Å². The van der Waals surface area contributed by atoms with E-state index in [1.54, 1.807) is 41.5 Å². The number of hydrogen-bond donors (Lipinski definition) is 0. The Balaban J connectivity index is 2.76. The number of halogens is 2. The second-order valence-corrected chi connectivity index (χ2v) is 8.48. The van der Waals surface area contributed by atoms with Crippen molar-refractivity contribution in [1.29, 1.82) is 0 Å². The molecule has 0 aliphatic rings. The van der Waals surface area contributed by atoms with Gasteiger partial charge in [-0.25, -0.2) is 14.4 Å². The maximum Gasteiger partial charge on any atom is 0.423 e. The summed E-state index contributed by atoms with van der Waals surface area (Å²) in [6, 6.07) is 2.65. The molecular weight excluding hydrogens is 383 g/mol. The highest BCUT2D eigenvalue weighted by Gasteiger charge is 2.29. The standard InChI is InChI=1S/C17H20Cl2N2O5/c1-16(2,3)25-14(23)20-11-7-9(18)10(19)8-12(11)21(13(20)22)15(24)26-17(4,5)6/h7-8H,1-6H3. The number of rotatable bonds is 0. The first-order chi connectivity index (χ1) is 11.7. The number of fused-ring (bicyclic) bond motifs is 1. The third-order valence-electron chi connectivity index (χ3n) is 3.03. The molecule has 0 spiro atoms. The molecule has 0 atom stereocenters. The maximum absolute atomic E-state index is 12.8. The Hall–Kier alpha value is -1.99. The van der Waals surface area contributed by atoms with Crippen LogP contribution in [0.25, 0.3) is 11.0 Å². The van der Waals surface area contributed by atoms with Crippen molar-refractivity contribution >= 4 is 46.4 Å². The molecule has 2 rings (SSSR count). The monoisotopic (exact) mass is 402 g/mol. The van der Waals surface area contributed by atoms with E-state index in [1.165, 1.54) is 12.1 Å². The normalized spacial score (nSPS) is 12.3. The molecule has 0 saturated carbocycles. The van der Waals surface area contributed by atoms with Crippen molar-refractivity contribution in [2.75, 3.05) is 0 Å². The van der Waals surface area contributed by atoms with Gasteiger partial charge in [-0.2, -0.15) is 9.13 Å². The fourth-order valence-electron chi connectivity index (χ4n) is 2.16. The first-order valence-corrected chi connectivity index (χ1v) is 8.56. The minimum Gasteiger partial charge on any atom is -0.443 e. The van der Waals surface area contributed by atoms with E-state index in [-0.39, 0.29) is 21.1 Å². The van der Waals surface area contributed by atoms with Crippen LogP contribution in [0.4, 0.5) is 9.59 Å². The lowest BCUT2D eigenvalue weighted by molar-refractivity contribution is 0.0518. The van der Waals surface area contributed by atoms with E-state index in [2.05, 4.69) is 0 Å². The van der Waals surface area contributed by atoms with Crippen LogP contribution in [0.5, 0.6) is 0 Å². The molecule has 142 valence electrons. The summed E-state index contributed by atoms with van der Waals surface area (Å²) in [4.78, 5) is 37.8. The molecule has 26 heavy (non-hydrogen) atoms. The highest BCUT2D eigenvalue weighted by molar-refractivity contribution is 6.42. The van der Waals surface area contributed by atoms with Crippen molar-refractivity contribution in [1.82, 2.24) is 9.13 Å². The van der Waals surface area contributed by atoms with Crippen molar-refractivity contribution < 1.29 is 19.1 Å². The van der Waals surface area contributed by atoms with Gasteiger partial charge in [-0.1, -0.05) is 23.2 Å². The van der Waals surface area contributed by atoms with Crippen LogP contribution < -0.4 is 5.69 Å². The molecule has 0 amide bonds. The third kappa shape index (κ3) is 4.22. The molecule has 1 heterocycles. The van der Waals surface area contributed by atoms with Gasteiger partial charge in [0, 0.05) is 0 Å². The van der Waals surface area contributed by atoms with Crippen molar-refractivity contribution in [3.8, 4) is 0 Å². The Morgan fingerprint density at radius 3 is 1.38 bits per heavy atom. The first kappa shape index (κ1) is 20.3. The molecule has 0 saturated heterocycles. The van der Waals surface area contributed by atoms with Crippen LogP contribution in [0.3, 0.4) is 0 Å². The average molecular weight is 403 g/mol. The quantitative estimate of drug-likeness (QED) is 0.638. The van der Waals surface area contributed by atoms with Crippen LogP contribution in [0.15, 0.2) is 16.9 Å².